The van der Waals surface area contributed by atoms with E-state index in [2.05, 4.69) is 50.4 Å². The maximum atomic E-state index is 6.13. The topological polar surface area (TPSA) is 43.2 Å². The van der Waals surface area contributed by atoms with Gasteiger partial charge in [-0.1, -0.05) is 56.9 Å². The lowest BCUT2D eigenvalue weighted by atomic mass is 10.1. The normalized spacial score (nSPS) is 11.9. The molecule has 0 aliphatic heterocycles. The van der Waals surface area contributed by atoms with Crippen molar-refractivity contribution >= 4 is 22.1 Å². The highest BCUT2D eigenvalue weighted by molar-refractivity contribution is 5.96. The van der Waals surface area contributed by atoms with Crippen LogP contribution in [0.5, 0.6) is 11.5 Å². The lowest BCUT2D eigenvalue weighted by molar-refractivity contribution is -0.870. The van der Waals surface area contributed by atoms with Crippen LogP contribution in [0.2, 0.25) is 0 Å². The standard InChI is InChI=1S/C30H42N3O2/c1-5-6-7-8-12-23-34-26-18-16-25(17-19-26)31-32-29-20-21-30(28-15-10-9-14-27(28)29)35-24-13-11-22-33(2,3)4/h9-10,14-21H,5-8,11-13,22-24H2,1-4H3/q+1. The van der Waals surface area contributed by atoms with E-state index in [-0.39, 0.29) is 0 Å². The highest BCUT2D eigenvalue weighted by atomic mass is 16.5. The van der Waals surface area contributed by atoms with Crippen LogP contribution in [-0.4, -0.2) is 45.4 Å². The van der Waals surface area contributed by atoms with E-state index >= 15 is 0 Å². The van der Waals surface area contributed by atoms with Gasteiger partial charge in [-0.3, -0.25) is 0 Å². The van der Waals surface area contributed by atoms with E-state index in [1.54, 1.807) is 0 Å². The highest BCUT2D eigenvalue weighted by Gasteiger charge is 2.08. The fourth-order valence-electron chi connectivity index (χ4n) is 3.96. The van der Waals surface area contributed by atoms with Gasteiger partial charge in [0, 0.05) is 10.8 Å². The molecule has 0 radical (unpaired) electrons. The molecule has 0 unspecified atom stereocenters. The molecule has 0 spiro atoms. The molecule has 0 saturated carbocycles. The molecule has 0 aliphatic rings. The molecule has 5 nitrogen and oxygen atoms in total. The van der Waals surface area contributed by atoms with Crippen molar-refractivity contribution in [2.24, 2.45) is 10.2 Å². The van der Waals surface area contributed by atoms with Crippen molar-refractivity contribution in [3.8, 4) is 11.5 Å². The van der Waals surface area contributed by atoms with Crippen molar-refractivity contribution in [3.63, 3.8) is 0 Å². The molecule has 0 amide bonds. The molecule has 0 heterocycles. The third-order valence-electron chi connectivity index (χ3n) is 5.97. The number of azo groups is 1. The first-order valence-corrected chi connectivity index (χ1v) is 13.1. The van der Waals surface area contributed by atoms with Crippen LogP contribution in [0, 0.1) is 0 Å². The molecule has 0 saturated heterocycles. The molecule has 0 bridgehead atoms. The van der Waals surface area contributed by atoms with Crippen molar-refractivity contribution in [1.29, 1.82) is 0 Å². The van der Waals surface area contributed by atoms with Crippen LogP contribution in [-0.2, 0) is 0 Å². The number of hydrogen-bond donors (Lipinski definition) is 0. The molecule has 5 heteroatoms. The number of ether oxygens (including phenoxy) is 2. The van der Waals surface area contributed by atoms with E-state index in [1.165, 1.54) is 25.7 Å². The summed E-state index contributed by atoms with van der Waals surface area (Å²) < 4.78 is 13.0. The van der Waals surface area contributed by atoms with Gasteiger partial charge in [0.05, 0.1) is 52.3 Å². The van der Waals surface area contributed by atoms with Gasteiger partial charge in [0.2, 0.25) is 0 Å². The zero-order valence-electron chi connectivity index (χ0n) is 22.0. The van der Waals surface area contributed by atoms with Gasteiger partial charge in [0.15, 0.2) is 0 Å². The first kappa shape index (κ1) is 26.7. The Labute approximate surface area is 211 Å². The maximum Gasteiger partial charge on any atom is 0.127 e. The Morgan fingerprint density at radius 3 is 2.09 bits per heavy atom. The summed E-state index contributed by atoms with van der Waals surface area (Å²) >= 11 is 0. The monoisotopic (exact) mass is 476 g/mol. The van der Waals surface area contributed by atoms with E-state index in [4.69, 9.17) is 9.47 Å². The average Bonchev–Trinajstić information content (AvgIpc) is 2.85. The van der Waals surface area contributed by atoms with Crippen LogP contribution in [0.1, 0.15) is 51.9 Å². The second kappa shape index (κ2) is 13.8. The molecular formula is C30H42N3O2+. The summed E-state index contributed by atoms with van der Waals surface area (Å²) in [6.07, 6.45) is 8.39. The summed E-state index contributed by atoms with van der Waals surface area (Å²) in [5.41, 5.74) is 1.65. The number of unbranched alkanes of at least 4 members (excludes halogenated alkanes) is 5. The molecule has 0 aromatic heterocycles. The Morgan fingerprint density at radius 1 is 0.657 bits per heavy atom. The molecule has 188 valence electrons. The number of benzene rings is 3. The number of nitrogens with zero attached hydrogens (tertiary/aromatic N) is 3. The third kappa shape index (κ3) is 9.33. The zero-order valence-corrected chi connectivity index (χ0v) is 22.0. The predicted octanol–water partition coefficient (Wildman–Crippen LogP) is 8.47. The molecule has 0 aliphatic carbocycles. The van der Waals surface area contributed by atoms with E-state index in [0.29, 0.717) is 0 Å². The minimum Gasteiger partial charge on any atom is -0.494 e. The van der Waals surface area contributed by atoms with Gasteiger partial charge in [0.25, 0.3) is 0 Å². The van der Waals surface area contributed by atoms with E-state index in [0.717, 1.165) is 77.2 Å². The quantitative estimate of drug-likeness (QED) is 0.125. The summed E-state index contributed by atoms with van der Waals surface area (Å²) in [6.45, 7) is 4.87. The molecule has 0 fully saturated rings. The Hall–Kier alpha value is -2.92. The van der Waals surface area contributed by atoms with Crippen LogP contribution < -0.4 is 9.47 Å². The summed E-state index contributed by atoms with van der Waals surface area (Å²) in [5.74, 6) is 1.79. The minimum absolute atomic E-state index is 0.720. The summed E-state index contributed by atoms with van der Waals surface area (Å²) in [5, 5.41) is 11.1. The van der Waals surface area contributed by atoms with Crippen LogP contribution in [0.4, 0.5) is 11.4 Å². The maximum absolute atomic E-state index is 6.13. The van der Waals surface area contributed by atoms with Gasteiger partial charge in [-0.25, -0.2) is 0 Å². The van der Waals surface area contributed by atoms with Crippen LogP contribution in [0.25, 0.3) is 10.8 Å². The SMILES string of the molecule is CCCCCCCOc1ccc(N=Nc2ccc(OCCCC[N+](C)(C)C)c3ccccc23)cc1. The first-order valence-electron chi connectivity index (χ1n) is 13.1. The Balaban J connectivity index is 1.57. The lowest BCUT2D eigenvalue weighted by Gasteiger charge is -2.23. The Morgan fingerprint density at radius 2 is 1.34 bits per heavy atom. The molecule has 0 atom stereocenters. The molecular weight excluding hydrogens is 434 g/mol. The smallest absolute Gasteiger partial charge is 0.127 e. The van der Waals surface area contributed by atoms with Crippen LogP contribution >= 0.6 is 0 Å². The van der Waals surface area contributed by atoms with E-state index in [9.17, 15) is 0 Å². The number of rotatable bonds is 15. The summed E-state index contributed by atoms with van der Waals surface area (Å²) in [7, 11) is 6.67. The van der Waals surface area contributed by atoms with Crippen LogP contribution in [0.15, 0.2) is 70.9 Å². The molecule has 3 rings (SSSR count). The van der Waals surface area contributed by atoms with Crippen molar-refractivity contribution in [3.05, 3.63) is 60.7 Å². The van der Waals surface area contributed by atoms with Gasteiger partial charge in [-0.05, 0) is 55.7 Å². The molecule has 3 aromatic rings. The molecule has 35 heavy (non-hydrogen) atoms. The molecule has 3 aromatic carbocycles. The fraction of sp³-hybridized carbons (Fsp3) is 0.467. The fourth-order valence-corrected chi connectivity index (χ4v) is 3.96. The lowest BCUT2D eigenvalue weighted by Crippen LogP contribution is -2.35. The van der Waals surface area contributed by atoms with Gasteiger partial charge >= 0.3 is 0 Å². The number of quaternary nitrogens is 1. The van der Waals surface area contributed by atoms with Gasteiger partial charge in [0.1, 0.15) is 11.5 Å². The van der Waals surface area contributed by atoms with Crippen molar-refractivity contribution < 1.29 is 14.0 Å². The largest absolute Gasteiger partial charge is 0.494 e. The number of hydrogen-bond acceptors (Lipinski definition) is 4. The van der Waals surface area contributed by atoms with E-state index < -0.39 is 0 Å². The second-order valence-electron chi connectivity index (χ2n) is 10.2. The average molecular weight is 477 g/mol. The van der Waals surface area contributed by atoms with Gasteiger partial charge < -0.3 is 14.0 Å². The Kier molecular flexibility index (Phi) is 10.5. The molecule has 0 N–H and O–H groups in total. The third-order valence-corrected chi connectivity index (χ3v) is 5.97. The van der Waals surface area contributed by atoms with Crippen molar-refractivity contribution in [2.75, 3.05) is 40.9 Å². The van der Waals surface area contributed by atoms with Crippen molar-refractivity contribution in [1.82, 2.24) is 0 Å². The zero-order chi connectivity index (χ0) is 24.9. The first-order chi connectivity index (χ1) is 17.0. The summed E-state index contributed by atoms with van der Waals surface area (Å²) in [4.78, 5) is 0. The predicted molar refractivity (Wildman–Crippen MR) is 146 cm³/mol. The van der Waals surface area contributed by atoms with Gasteiger partial charge in [-0.15, -0.1) is 5.11 Å². The second-order valence-corrected chi connectivity index (χ2v) is 10.2. The number of fused-ring (bicyclic) bond motifs is 1. The van der Waals surface area contributed by atoms with Crippen molar-refractivity contribution in [2.45, 2.75) is 51.9 Å². The minimum atomic E-state index is 0.720. The van der Waals surface area contributed by atoms with E-state index in [1.807, 2.05) is 48.5 Å². The highest BCUT2D eigenvalue weighted by Crippen LogP contribution is 2.34. The van der Waals surface area contributed by atoms with Gasteiger partial charge in [-0.2, -0.15) is 5.11 Å². The summed E-state index contributed by atoms with van der Waals surface area (Å²) in [6, 6.07) is 20.1. The Bertz CT molecular complexity index is 1060. The van der Waals surface area contributed by atoms with Crippen LogP contribution in [0.3, 0.4) is 0 Å².